The molecule has 0 saturated heterocycles. The van der Waals surface area contributed by atoms with E-state index in [0.717, 1.165) is 12.0 Å². The van der Waals surface area contributed by atoms with Crippen molar-refractivity contribution in [3.63, 3.8) is 0 Å². The molecular weight excluding hydrogens is 345 g/mol. The first-order chi connectivity index (χ1) is 13.1. The zero-order valence-corrected chi connectivity index (χ0v) is 15.9. The lowest BCUT2D eigenvalue weighted by Gasteiger charge is -2.29. The van der Waals surface area contributed by atoms with Crippen molar-refractivity contribution in [2.45, 2.75) is 64.2 Å². The molecule has 2 N–H and O–H groups in total. The number of esters is 1. The molecule has 1 atom stereocenters. The Hall–Kier alpha value is -2.02. The summed E-state index contributed by atoms with van der Waals surface area (Å²) in [5.41, 5.74) is 1.11. The van der Waals surface area contributed by atoms with E-state index in [1.807, 2.05) is 6.07 Å². The monoisotopic (exact) mass is 373 g/mol. The van der Waals surface area contributed by atoms with Crippen molar-refractivity contribution in [3.8, 4) is 5.75 Å². The summed E-state index contributed by atoms with van der Waals surface area (Å²) in [6.07, 6.45) is 7.94. The van der Waals surface area contributed by atoms with Crippen LogP contribution in [0.3, 0.4) is 0 Å². The van der Waals surface area contributed by atoms with Crippen molar-refractivity contribution in [2.75, 3.05) is 6.61 Å². The number of fused-ring (bicyclic) bond motifs is 1. The molecule has 1 heterocycles. The Balaban J connectivity index is 1.61. The minimum Gasteiger partial charge on any atom is -0.534 e. The second-order valence-electron chi connectivity index (χ2n) is 7.46. The maximum atomic E-state index is 12.5. The van der Waals surface area contributed by atoms with E-state index in [0.29, 0.717) is 36.7 Å². The van der Waals surface area contributed by atoms with Crippen molar-refractivity contribution in [3.05, 3.63) is 29.3 Å². The molecular formula is C20H28BNO5. The summed E-state index contributed by atoms with van der Waals surface area (Å²) < 4.78 is 11.0. The fourth-order valence-corrected chi connectivity index (χ4v) is 3.89. The van der Waals surface area contributed by atoms with E-state index in [9.17, 15) is 14.6 Å². The predicted molar refractivity (Wildman–Crippen MR) is 102 cm³/mol. The van der Waals surface area contributed by atoms with E-state index in [1.54, 1.807) is 19.1 Å². The third kappa shape index (κ3) is 5.03. The Kier molecular flexibility index (Phi) is 6.77. The second-order valence-corrected chi connectivity index (χ2v) is 7.46. The van der Waals surface area contributed by atoms with Gasteiger partial charge in [0, 0.05) is 6.42 Å². The molecule has 27 heavy (non-hydrogen) atoms. The molecule has 0 radical (unpaired) electrons. The Labute approximate surface area is 160 Å². The van der Waals surface area contributed by atoms with E-state index in [1.165, 1.54) is 32.1 Å². The zero-order chi connectivity index (χ0) is 19.2. The van der Waals surface area contributed by atoms with Crippen LogP contribution in [0.15, 0.2) is 18.2 Å². The lowest BCUT2D eigenvalue weighted by atomic mass is 9.72. The number of hydrogen-bond donors (Lipinski definition) is 2. The molecule has 1 aromatic rings. The van der Waals surface area contributed by atoms with E-state index in [4.69, 9.17) is 9.39 Å². The molecule has 1 aliphatic carbocycles. The normalized spacial score (nSPS) is 19.8. The van der Waals surface area contributed by atoms with Gasteiger partial charge in [0.25, 0.3) is 0 Å². The average Bonchev–Trinajstić information content (AvgIpc) is 2.68. The molecule has 6 nitrogen and oxygen atoms in total. The van der Waals surface area contributed by atoms with E-state index >= 15 is 0 Å². The number of rotatable bonds is 6. The molecule has 0 unspecified atom stereocenters. The third-order valence-corrected chi connectivity index (χ3v) is 5.49. The van der Waals surface area contributed by atoms with Gasteiger partial charge in [-0.05, 0) is 30.4 Å². The number of hydrogen-bond acceptors (Lipinski definition) is 5. The molecule has 3 rings (SSSR count). The predicted octanol–water partition coefficient (Wildman–Crippen LogP) is 2.66. The van der Waals surface area contributed by atoms with E-state index in [2.05, 4.69) is 5.32 Å². The Morgan fingerprint density at radius 2 is 2.07 bits per heavy atom. The van der Waals surface area contributed by atoms with E-state index < -0.39 is 19.0 Å². The first-order valence-corrected chi connectivity index (χ1v) is 10.0. The number of benzene rings is 1. The molecule has 1 aromatic carbocycles. The van der Waals surface area contributed by atoms with Crippen molar-refractivity contribution in [1.82, 2.24) is 5.32 Å². The molecule has 1 fully saturated rings. The quantitative estimate of drug-likeness (QED) is 0.592. The fourth-order valence-electron chi connectivity index (χ4n) is 3.89. The summed E-state index contributed by atoms with van der Waals surface area (Å²) in [4.78, 5) is 24.1. The Morgan fingerprint density at radius 1 is 1.30 bits per heavy atom. The SMILES string of the molecule is CCC(=O)N[C@H]1Cc2cccc(C(=O)OCCC3CCCCC3)c2OB1O. The number of carbonyl (C=O) groups excluding carboxylic acids is 2. The standard InChI is InChI=1S/C20H28BNO5/c1-2-18(23)22-17-13-15-9-6-10-16(19(15)27-21(17)25)20(24)26-12-11-14-7-4-3-5-8-14/h6,9-10,14,17,25H,2-5,7-8,11-13H2,1H3,(H,22,23)/t17-/m0/s1. The first-order valence-electron chi connectivity index (χ1n) is 10.0. The maximum absolute atomic E-state index is 12.5. The average molecular weight is 373 g/mol. The lowest BCUT2D eigenvalue weighted by Crippen LogP contribution is -2.53. The number of carbonyl (C=O) groups is 2. The van der Waals surface area contributed by atoms with Crippen LogP contribution in [-0.2, 0) is 16.0 Å². The van der Waals surface area contributed by atoms with Crippen LogP contribution >= 0.6 is 0 Å². The molecule has 7 heteroatoms. The van der Waals surface area contributed by atoms with Crippen LogP contribution in [0.5, 0.6) is 5.75 Å². The van der Waals surface area contributed by atoms with Crippen LogP contribution in [0.25, 0.3) is 0 Å². The number of para-hydroxylation sites is 1. The first kappa shape index (κ1) is 19.7. The molecule has 1 saturated carbocycles. The van der Waals surface area contributed by atoms with Crippen LogP contribution in [-0.4, -0.2) is 36.6 Å². The van der Waals surface area contributed by atoms with Gasteiger partial charge in [-0.25, -0.2) is 4.79 Å². The van der Waals surface area contributed by atoms with Crippen LogP contribution < -0.4 is 9.97 Å². The Bertz CT molecular complexity index is 674. The molecule has 2 aliphatic rings. The summed E-state index contributed by atoms with van der Waals surface area (Å²) in [5.74, 6) is -0.0929. The molecule has 146 valence electrons. The smallest absolute Gasteiger partial charge is 0.534 e. The van der Waals surface area contributed by atoms with Crippen molar-refractivity contribution >= 4 is 19.0 Å². The molecule has 1 aliphatic heterocycles. The van der Waals surface area contributed by atoms with Gasteiger partial charge in [0.1, 0.15) is 11.3 Å². The van der Waals surface area contributed by atoms with Crippen LogP contribution in [0.2, 0.25) is 0 Å². The minimum absolute atomic E-state index is 0.149. The summed E-state index contributed by atoms with van der Waals surface area (Å²) in [6, 6.07) is 5.26. The van der Waals surface area contributed by atoms with Crippen LogP contribution in [0.1, 0.15) is 67.8 Å². The fraction of sp³-hybridized carbons (Fsp3) is 0.600. The van der Waals surface area contributed by atoms with Gasteiger partial charge in [0.05, 0.1) is 12.5 Å². The van der Waals surface area contributed by atoms with Gasteiger partial charge in [-0.3, -0.25) is 4.79 Å². The maximum Gasteiger partial charge on any atom is 0.547 e. The summed E-state index contributed by atoms with van der Waals surface area (Å²) in [7, 11) is -1.19. The molecule has 0 bridgehead atoms. The largest absolute Gasteiger partial charge is 0.547 e. The van der Waals surface area contributed by atoms with Crippen molar-refractivity contribution in [1.29, 1.82) is 0 Å². The zero-order valence-electron chi connectivity index (χ0n) is 15.9. The van der Waals surface area contributed by atoms with Gasteiger partial charge in [-0.2, -0.15) is 0 Å². The highest BCUT2D eigenvalue weighted by molar-refractivity contribution is 6.47. The molecule has 1 amide bonds. The lowest BCUT2D eigenvalue weighted by molar-refractivity contribution is -0.121. The molecule has 0 spiro atoms. The summed E-state index contributed by atoms with van der Waals surface area (Å²) in [5, 5.41) is 13.0. The van der Waals surface area contributed by atoms with Crippen LogP contribution in [0.4, 0.5) is 0 Å². The minimum atomic E-state index is -1.19. The summed E-state index contributed by atoms with van der Waals surface area (Å²) >= 11 is 0. The summed E-state index contributed by atoms with van der Waals surface area (Å²) in [6.45, 7) is 2.16. The topological polar surface area (TPSA) is 84.9 Å². The number of nitrogens with one attached hydrogen (secondary N) is 1. The van der Waals surface area contributed by atoms with Crippen molar-refractivity contribution < 1.29 is 24.0 Å². The van der Waals surface area contributed by atoms with Gasteiger partial charge in [0.15, 0.2) is 0 Å². The highest BCUT2D eigenvalue weighted by Gasteiger charge is 2.37. The van der Waals surface area contributed by atoms with Crippen molar-refractivity contribution in [2.24, 2.45) is 5.92 Å². The van der Waals surface area contributed by atoms with Crippen LogP contribution in [0, 0.1) is 5.92 Å². The Morgan fingerprint density at radius 3 is 2.81 bits per heavy atom. The number of amides is 1. The third-order valence-electron chi connectivity index (χ3n) is 5.49. The highest BCUT2D eigenvalue weighted by Crippen LogP contribution is 2.31. The van der Waals surface area contributed by atoms with Gasteiger partial charge in [0.2, 0.25) is 5.91 Å². The number of ether oxygens (including phenoxy) is 1. The van der Waals surface area contributed by atoms with Gasteiger partial charge in [-0.15, -0.1) is 0 Å². The van der Waals surface area contributed by atoms with Gasteiger partial charge < -0.3 is 19.7 Å². The highest BCUT2D eigenvalue weighted by atomic mass is 16.5. The van der Waals surface area contributed by atoms with Gasteiger partial charge >= 0.3 is 13.1 Å². The second kappa shape index (κ2) is 9.26. The van der Waals surface area contributed by atoms with E-state index in [-0.39, 0.29) is 5.91 Å². The molecule has 0 aromatic heterocycles. The van der Waals surface area contributed by atoms with Gasteiger partial charge in [-0.1, -0.05) is 51.2 Å².